The van der Waals surface area contributed by atoms with E-state index in [2.05, 4.69) is 21.2 Å². The molecule has 2 bridgehead atoms. The fourth-order valence-corrected chi connectivity index (χ4v) is 7.66. The van der Waals surface area contributed by atoms with E-state index in [4.69, 9.17) is 9.47 Å². The van der Waals surface area contributed by atoms with Crippen LogP contribution in [0.15, 0.2) is 72.8 Å². The van der Waals surface area contributed by atoms with Gasteiger partial charge in [-0.3, -0.25) is 14.4 Å². The number of likely N-dealkylation sites (tertiary alicyclic amines) is 1. The summed E-state index contributed by atoms with van der Waals surface area (Å²) < 4.78 is 11.9. The fourth-order valence-electron chi connectivity index (χ4n) is 6.72. The van der Waals surface area contributed by atoms with Crippen molar-refractivity contribution in [1.29, 1.82) is 0 Å². The lowest BCUT2D eigenvalue weighted by atomic mass is 9.70. The minimum absolute atomic E-state index is 0.168. The number of alkyl halides is 1. The Morgan fingerprint density at radius 3 is 2.56 bits per heavy atom. The van der Waals surface area contributed by atoms with Crippen molar-refractivity contribution in [2.24, 2.45) is 11.8 Å². The zero-order chi connectivity index (χ0) is 27.3. The highest BCUT2D eigenvalue weighted by molar-refractivity contribution is 9.09. The highest BCUT2D eigenvalue weighted by atomic mass is 79.9. The van der Waals surface area contributed by atoms with Crippen LogP contribution in [-0.2, 0) is 23.9 Å². The second kappa shape index (κ2) is 10.0. The number of carbonyl (C=O) groups is 3. The molecule has 0 aromatic heterocycles. The molecular weight excluding hydrogens is 564 g/mol. The topological polar surface area (TPSA) is 105 Å². The number of hydrogen-bond acceptors (Lipinski definition) is 6. The van der Waals surface area contributed by atoms with Crippen molar-refractivity contribution in [2.45, 2.75) is 42.0 Å². The van der Waals surface area contributed by atoms with Gasteiger partial charge in [0.05, 0.1) is 37.2 Å². The summed E-state index contributed by atoms with van der Waals surface area (Å²) in [6.45, 7) is 1.48. The molecule has 6 rings (SSSR count). The molecule has 39 heavy (non-hydrogen) atoms. The van der Waals surface area contributed by atoms with Gasteiger partial charge in [-0.25, -0.2) is 0 Å². The molecule has 2 N–H and O–H groups in total. The number of nitrogens with one attached hydrogen (secondary N) is 1. The van der Waals surface area contributed by atoms with E-state index in [1.165, 1.54) is 4.90 Å². The largest absolute Gasteiger partial charge is 0.466 e. The zero-order valence-corrected chi connectivity index (χ0v) is 22.9. The summed E-state index contributed by atoms with van der Waals surface area (Å²) in [6, 6.07) is 20.7. The van der Waals surface area contributed by atoms with Crippen molar-refractivity contribution < 1.29 is 29.0 Å². The molecule has 0 radical (unpaired) electrons. The molecule has 3 saturated heterocycles. The van der Waals surface area contributed by atoms with Gasteiger partial charge >= 0.3 is 5.97 Å². The maximum Gasteiger partial charge on any atom is 0.312 e. The van der Waals surface area contributed by atoms with Crippen LogP contribution in [0, 0.1) is 11.8 Å². The Bertz CT molecular complexity index is 1430. The number of nitrogens with zero attached hydrogens (tertiary/aromatic N) is 1. The van der Waals surface area contributed by atoms with Gasteiger partial charge in [0.15, 0.2) is 0 Å². The summed E-state index contributed by atoms with van der Waals surface area (Å²) in [6.07, 6.45) is -0.233. The Morgan fingerprint density at radius 1 is 1.13 bits per heavy atom. The maximum atomic E-state index is 14.2. The minimum atomic E-state index is -1.25. The van der Waals surface area contributed by atoms with Crippen LogP contribution in [0.4, 0.5) is 5.69 Å². The third-order valence-electron chi connectivity index (χ3n) is 8.24. The van der Waals surface area contributed by atoms with E-state index in [0.717, 1.165) is 10.8 Å². The third-order valence-corrected chi connectivity index (χ3v) is 9.09. The predicted molar refractivity (Wildman–Crippen MR) is 148 cm³/mol. The zero-order valence-electron chi connectivity index (χ0n) is 21.3. The highest BCUT2D eigenvalue weighted by Gasteiger charge is 2.77. The van der Waals surface area contributed by atoms with Crippen LogP contribution < -0.4 is 5.32 Å². The Morgan fingerprint density at radius 2 is 1.85 bits per heavy atom. The second-order valence-corrected chi connectivity index (χ2v) is 11.5. The van der Waals surface area contributed by atoms with Gasteiger partial charge in [0.2, 0.25) is 11.8 Å². The first-order valence-electron chi connectivity index (χ1n) is 13.2. The molecule has 3 fully saturated rings. The van der Waals surface area contributed by atoms with Crippen molar-refractivity contribution >= 4 is 50.2 Å². The number of ether oxygens (including phenoxy) is 2. The number of carbonyl (C=O) groups excluding carboxylic acids is 3. The van der Waals surface area contributed by atoms with Gasteiger partial charge < -0.3 is 24.8 Å². The normalized spacial score (nSPS) is 29.9. The van der Waals surface area contributed by atoms with Crippen molar-refractivity contribution in [3.05, 3.63) is 78.4 Å². The van der Waals surface area contributed by atoms with Gasteiger partial charge in [-0.15, -0.1) is 0 Å². The quantitative estimate of drug-likeness (QED) is 0.319. The van der Waals surface area contributed by atoms with Crippen molar-refractivity contribution in [1.82, 2.24) is 4.90 Å². The average molecular weight is 593 g/mol. The summed E-state index contributed by atoms with van der Waals surface area (Å²) in [5, 5.41) is 15.5. The first kappa shape index (κ1) is 26.0. The summed E-state index contributed by atoms with van der Waals surface area (Å²) in [7, 11) is 0. The summed E-state index contributed by atoms with van der Waals surface area (Å²) >= 11 is 3.65. The molecule has 1 spiro atoms. The Balaban J connectivity index is 1.44. The van der Waals surface area contributed by atoms with Crippen molar-refractivity contribution in [3.63, 3.8) is 0 Å². The van der Waals surface area contributed by atoms with E-state index in [9.17, 15) is 19.5 Å². The monoisotopic (exact) mass is 592 g/mol. The van der Waals surface area contributed by atoms with Gasteiger partial charge in [-0.2, -0.15) is 0 Å². The van der Waals surface area contributed by atoms with Crippen LogP contribution in [0.25, 0.3) is 10.8 Å². The van der Waals surface area contributed by atoms with Gasteiger partial charge in [0.25, 0.3) is 0 Å². The van der Waals surface area contributed by atoms with Crippen molar-refractivity contribution in [3.8, 4) is 0 Å². The molecule has 7 atom stereocenters. The van der Waals surface area contributed by atoms with Crippen LogP contribution in [0.5, 0.6) is 0 Å². The third kappa shape index (κ3) is 4.06. The van der Waals surface area contributed by atoms with E-state index in [-0.39, 0.29) is 11.4 Å². The Labute approximate surface area is 234 Å². The van der Waals surface area contributed by atoms with Crippen LogP contribution in [-0.4, -0.2) is 63.6 Å². The molecule has 0 saturated carbocycles. The molecule has 3 heterocycles. The molecule has 0 aliphatic carbocycles. The number of esters is 1. The van der Waals surface area contributed by atoms with E-state index in [1.54, 1.807) is 6.92 Å². The molecule has 3 aromatic rings. The van der Waals surface area contributed by atoms with Gasteiger partial charge in [0, 0.05) is 10.5 Å². The highest BCUT2D eigenvalue weighted by Crippen LogP contribution is 2.61. The summed E-state index contributed by atoms with van der Waals surface area (Å²) in [5.41, 5.74) is 0.0122. The van der Waals surface area contributed by atoms with Crippen LogP contribution >= 0.6 is 15.9 Å². The average Bonchev–Trinajstić information content (AvgIpc) is 3.53. The van der Waals surface area contributed by atoms with E-state index in [0.29, 0.717) is 17.7 Å². The number of aliphatic hydroxyl groups excluding tert-OH is 1. The number of hydrogen-bond donors (Lipinski definition) is 2. The molecule has 8 nitrogen and oxygen atoms in total. The van der Waals surface area contributed by atoms with Crippen LogP contribution in [0.1, 0.15) is 24.9 Å². The number of fused-ring (bicyclic) bond motifs is 2. The fraction of sp³-hybridized carbons (Fsp3) is 0.367. The van der Waals surface area contributed by atoms with Crippen LogP contribution in [0.2, 0.25) is 0 Å². The molecule has 9 heteroatoms. The van der Waals surface area contributed by atoms with E-state index in [1.807, 2.05) is 72.8 Å². The number of halogens is 1. The Hall–Kier alpha value is -3.27. The van der Waals surface area contributed by atoms with Crippen molar-refractivity contribution in [2.75, 3.05) is 18.5 Å². The number of anilines is 1. The first-order valence-corrected chi connectivity index (χ1v) is 14.1. The Kier molecular flexibility index (Phi) is 6.69. The molecule has 3 aliphatic rings. The second-order valence-electron chi connectivity index (χ2n) is 10.3. The smallest absolute Gasteiger partial charge is 0.312 e. The summed E-state index contributed by atoms with van der Waals surface area (Å²) in [4.78, 5) is 42.8. The van der Waals surface area contributed by atoms with Crippen LogP contribution in [0.3, 0.4) is 0 Å². The number of rotatable bonds is 7. The standard InChI is InChI=1S/C30H29BrN2O6/c1-2-38-29(37)23-24-28(36)33(22(16-34)18-9-4-3-5-10-18)26(30(24)15-21(31)25(23)39-30)27(35)32-20-13-12-17-8-6-7-11-19(17)14-20/h3-14,21-26,34H,2,15-16H2,1H3,(H,32,35)/t21?,22-,23-,24+,25-,26?,30?/m1/s1. The minimum Gasteiger partial charge on any atom is -0.466 e. The van der Waals surface area contributed by atoms with E-state index < -0.39 is 60.0 Å². The lowest BCUT2D eigenvalue weighted by Gasteiger charge is -2.37. The molecule has 3 unspecified atom stereocenters. The first-order chi connectivity index (χ1) is 18.9. The molecular formula is C30H29BrN2O6. The predicted octanol–water partition coefficient (Wildman–Crippen LogP) is 3.82. The lowest BCUT2D eigenvalue weighted by molar-refractivity contribution is -0.155. The van der Waals surface area contributed by atoms with Gasteiger partial charge in [-0.05, 0) is 41.8 Å². The summed E-state index contributed by atoms with van der Waals surface area (Å²) in [5.74, 6) is -3.09. The van der Waals surface area contributed by atoms with E-state index >= 15 is 0 Å². The number of benzene rings is 3. The molecule has 2 amide bonds. The molecule has 3 aromatic carbocycles. The maximum absolute atomic E-state index is 14.2. The number of aliphatic hydroxyl groups is 1. The number of amides is 2. The molecule has 202 valence electrons. The molecule has 3 aliphatic heterocycles. The lowest BCUT2D eigenvalue weighted by Crippen LogP contribution is -2.54. The van der Waals surface area contributed by atoms with Gasteiger partial charge in [0.1, 0.15) is 11.6 Å². The SMILES string of the molecule is CCOC(=O)[C@H]1[C@@H]2OC3(CC2Br)C(C(=O)Nc2ccc4ccccc4c2)N([C@H](CO)c2ccccc2)C(=O)[C@H]13. The van der Waals surface area contributed by atoms with Gasteiger partial charge in [-0.1, -0.05) is 76.6 Å².